The molecule has 0 aliphatic rings. The number of benzene rings is 1. The van der Waals surface area contributed by atoms with Gasteiger partial charge in [-0.1, -0.05) is 41.4 Å². The standard InChI is InChI=1S/C13H18BrNO3S/c1-2-4-13(16)10-15-19(17,18)8-7-11-5-3-6-12(14)9-11/h3,5-9,13,15-16H,2,4,10H2,1H3/b8-7+. The lowest BCUT2D eigenvalue weighted by atomic mass is 10.2. The van der Waals surface area contributed by atoms with E-state index >= 15 is 0 Å². The molecule has 0 amide bonds. The maximum atomic E-state index is 11.7. The van der Waals surface area contributed by atoms with Crippen LogP contribution in [0.2, 0.25) is 0 Å². The molecular formula is C13H18BrNO3S. The Balaban J connectivity index is 2.59. The largest absolute Gasteiger partial charge is 0.392 e. The van der Waals surface area contributed by atoms with Crippen LogP contribution in [0.15, 0.2) is 34.1 Å². The summed E-state index contributed by atoms with van der Waals surface area (Å²) in [5.74, 6) is 0. The number of nitrogens with one attached hydrogen (secondary N) is 1. The molecule has 1 atom stereocenters. The third-order valence-electron chi connectivity index (χ3n) is 2.43. The minimum absolute atomic E-state index is 0.0407. The van der Waals surface area contributed by atoms with Gasteiger partial charge in [-0.25, -0.2) is 13.1 Å². The maximum Gasteiger partial charge on any atom is 0.233 e. The second kappa shape index (κ2) is 7.79. The zero-order valence-electron chi connectivity index (χ0n) is 10.7. The van der Waals surface area contributed by atoms with Gasteiger partial charge in [0.2, 0.25) is 10.0 Å². The average molecular weight is 348 g/mol. The smallest absolute Gasteiger partial charge is 0.233 e. The molecule has 4 nitrogen and oxygen atoms in total. The lowest BCUT2D eigenvalue weighted by Gasteiger charge is -2.09. The van der Waals surface area contributed by atoms with Crippen molar-refractivity contribution in [3.8, 4) is 0 Å². The molecule has 0 spiro atoms. The lowest BCUT2D eigenvalue weighted by molar-refractivity contribution is 0.167. The maximum absolute atomic E-state index is 11.7. The highest BCUT2D eigenvalue weighted by molar-refractivity contribution is 9.10. The minimum atomic E-state index is -3.51. The van der Waals surface area contributed by atoms with E-state index in [1.54, 1.807) is 0 Å². The van der Waals surface area contributed by atoms with E-state index in [0.29, 0.717) is 6.42 Å². The van der Waals surface area contributed by atoms with Crippen LogP contribution < -0.4 is 4.72 Å². The summed E-state index contributed by atoms with van der Waals surface area (Å²) in [4.78, 5) is 0. The van der Waals surface area contributed by atoms with Crippen molar-refractivity contribution in [3.05, 3.63) is 39.7 Å². The normalized spacial score (nSPS) is 13.8. The second-order valence-corrected chi connectivity index (χ2v) is 6.76. The summed E-state index contributed by atoms with van der Waals surface area (Å²) < 4.78 is 26.6. The van der Waals surface area contributed by atoms with Crippen LogP contribution >= 0.6 is 15.9 Å². The van der Waals surface area contributed by atoms with E-state index in [-0.39, 0.29) is 6.54 Å². The van der Waals surface area contributed by atoms with Gasteiger partial charge in [-0.05, 0) is 30.2 Å². The van der Waals surface area contributed by atoms with Crippen molar-refractivity contribution >= 4 is 32.0 Å². The zero-order valence-corrected chi connectivity index (χ0v) is 13.1. The van der Waals surface area contributed by atoms with Gasteiger partial charge in [0.25, 0.3) is 0 Å². The Bertz CT molecular complexity index is 528. The van der Waals surface area contributed by atoms with E-state index in [2.05, 4.69) is 20.7 Å². The number of aliphatic hydroxyl groups is 1. The number of hydrogen-bond donors (Lipinski definition) is 2. The quantitative estimate of drug-likeness (QED) is 0.796. The highest BCUT2D eigenvalue weighted by atomic mass is 79.9. The van der Waals surface area contributed by atoms with Gasteiger partial charge in [0, 0.05) is 16.4 Å². The number of hydrogen-bond acceptors (Lipinski definition) is 3. The molecule has 1 aromatic rings. The van der Waals surface area contributed by atoms with Crippen molar-refractivity contribution in [2.24, 2.45) is 0 Å². The fourth-order valence-corrected chi connectivity index (χ4v) is 2.75. The van der Waals surface area contributed by atoms with Gasteiger partial charge in [0.1, 0.15) is 0 Å². The molecule has 6 heteroatoms. The molecule has 0 heterocycles. The first-order chi connectivity index (χ1) is 8.93. The highest BCUT2D eigenvalue weighted by Crippen LogP contribution is 2.13. The van der Waals surface area contributed by atoms with Crippen LogP contribution in [0.5, 0.6) is 0 Å². The molecule has 0 bridgehead atoms. The molecule has 1 rings (SSSR count). The molecule has 1 aromatic carbocycles. The topological polar surface area (TPSA) is 66.4 Å². The Labute approximate surface area is 122 Å². The molecule has 1 unspecified atom stereocenters. The van der Waals surface area contributed by atoms with Gasteiger partial charge in [-0.2, -0.15) is 0 Å². The number of halogens is 1. The van der Waals surface area contributed by atoms with Crippen molar-refractivity contribution in [1.82, 2.24) is 4.72 Å². The fraction of sp³-hybridized carbons (Fsp3) is 0.385. The third-order valence-corrected chi connectivity index (χ3v) is 3.99. The molecular weight excluding hydrogens is 330 g/mol. The van der Waals surface area contributed by atoms with Crippen LogP contribution in [0.4, 0.5) is 0 Å². The first-order valence-corrected chi connectivity index (χ1v) is 8.38. The molecule has 0 fully saturated rings. The van der Waals surface area contributed by atoms with Crippen LogP contribution in [0.25, 0.3) is 6.08 Å². The molecule has 19 heavy (non-hydrogen) atoms. The monoisotopic (exact) mass is 347 g/mol. The van der Waals surface area contributed by atoms with Gasteiger partial charge >= 0.3 is 0 Å². The van der Waals surface area contributed by atoms with Crippen LogP contribution in [-0.2, 0) is 10.0 Å². The van der Waals surface area contributed by atoms with E-state index in [1.165, 1.54) is 6.08 Å². The summed E-state index contributed by atoms with van der Waals surface area (Å²) in [7, 11) is -3.51. The van der Waals surface area contributed by atoms with Crippen molar-refractivity contribution in [3.63, 3.8) is 0 Å². The Hall–Kier alpha value is -0.690. The first kappa shape index (κ1) is 16.4. The van der Waals surface area contributed by atoms with Crippen molar-refractivity contribution < 1.29 is 13.5 Å². The average Bonchev–Trinajstić information content (AvgIpc) is 2.35. The molecule has 106 valence electrons. The lowest BCUT2D eigenvalue weighted by Crippen LogP contribution is -2.30. The van der Waals surface area contributed by atoms with Gasteiger partial charge in [0.05, 0.1) is 6.10 Å². The molecule has 0 aromatic heterocycles. The number of sulfonamides is 1. The van der Waals surface area contributed by atoms with Crippen LogP contribution in [-0.4, -0.2) is 26.2 Å². The summed E-state index contributed by atoms with van der Waals surface area (Å²) in [6.45, 7) is 1.98. The second-order valence-electron chi connectivity index (χ2n) is 4.19. The van der Waals surface area contributed by atoms with E-state index < -0.39 is 16.1 Å². The Kier molecular flexibility index (Phi) is 6.71. The number of aliphatic hydroxyl groups excluding tert-OH is 1. The predicted molar refractivity (Wildman–Crippen MR) is 81.0 cm³/mol. The Morgan fingerprint density at radius 2 is 2.21 bits per heavy atom. The SMILES string of the molecule is CCCC(O)CNS(=O)(=O)/C=C/c1cccc(Br)c1. The first-order valence-electron chi connectivity index (χ1n) is 6.04. The van der Waals surface area contributed by atoms with Crippen LogP contribution in [0, 0.1) is 0 Å². The molecule has 0 saturated heterocycles. The number of rotatable bonds is 7. The van der Waals surface area contributed by atoms with E-state index in [1.807, 2.05) is 31.2 Å². The van der Waals surface area contributed by atoms with Gasteiger partial charge in [-0.15, -0.1) is 0 Å². The van der Waals surface area contributed by atoms with Gasteiger partial charge < -0.3 is 5.11 Å². The van der Waals surface area contributed by atoms with E-state index in [4.69, 9.17) is 0 Å². The zero-order chi connectivity index (χ0) is 14.3. The molecule has 2 N–H and O–H groups in total. The Morgan fingerprint density at radius 1 is 1.47 bits per heavy atom. The minimum Gasteiger partial charge on any atom is -0.392 e. The third kappa shape index (κ3) is 6.87. The summed E-state index contributed by atoms with van der Waals surface area (Å²) in [6, 6.07) is 7.32. The van der Waals surface area contributed by atoms with E-state index in [0.717, 1.165) is 21.9 Å². The summed E-state index contributed by atoms with van der Waals surface area (Å²) in [6.07, 6.45) is 2.27. The summed E-state index contributed by atoms with van der Waals surface area (Å²) in [5, 5.41) is 10.6. The van der Waals surface area contributed by atoms with Gasteiger partial charge in [-0.3, -0.25) is 0 Å². The van der Waals surface area contributed by atoms with Crippen molar-refractivity contribution in [1.29, 1.82) is 0 Å². The molecule has 0 saturated carbocycles. The van der Waals surface area contributed by atoms with Crippen LogP contribution in [0.3, 0.4) is 0 Å². The molecule has 0 aliphatic heterocycles. The predicted octanol–water partition coefficient (Wildman–Crippen LogP) is 2.50. The van der Waals surface area contributed by atoms with E-state index in [9.17, 15) is 13.5 Å². The summed E-state index contributed by atoms with van der Waals surface area (Å²) >= 11 is 3.32. The van der Waals surface area contributed by atoms with Gasteiger partial charge in [0.15, 0.2) is 0 Å². The van der Waals surface area contributed by atoms with Crippen LogP contribution in [0.1, 0.15) is 25.3 Å². The van der Waals surface area contributed by atoms with Crippen molar-refractivity contribution in [2.75, 3.05) is 6.54 Å². The summed E-state index contributed by atoms with van der Waals surface area (Å²) in [5.41, 5.74) is 0.786. The Morgan fingerprint density at radius 3 is 2.84 bits per heavy atom. The fourth-order valence-electron chi connectivity index (χ4n) is 1.47. The molecule has 0 aliphatic carbocycles. The van der Waals surface area contributed by atoms with Crippen molar-refractivity contribution in [2.45, 2.75) is 25.9 Å². The highest BCUT2D eigenvalue weighted by Gasteiger charge is 2.08. The molecule has 0 radical (unpaired) electrons.